The molecule has 170 valence electrons. The molecule has 2 N–H and O–H groups in total. The number of benzene rings is 2. The molecule has 1 saturated heterocycles. The molecule has 0 spiro atoms. The van der Waals surface area contributed by atoms with Gasteiger partial charge in [0.25, 0.3) is 5.91 Å². The predicted octanol–water partition coefficient (Wildman–Crippen LogP) is 2.02. The van der Waals surface area contributed by atoms with Crippen molar-refractivity contribution < 1.29 is 19.1 Å². The number of ether oxygens (including phenoxy) is 1. The number of piperazine rings is 1. The third-order valence-electron chi connectivity index (χ3n) is 5.36. The second-order valence-electron chi connectivity index (χ2n) is 7.60. The Bertz CT molecular complexity index is 894. The van der Waals surface area contributed by atoms with E-state index in [9.17, 15) is 14.4 Å². The van der Waals surface area contributed by atoms with Crippen LogP contribution in [-0.2, 0) is 9.59 Å². The Kier molecular flexibility index (Phi) is 8.62. The van der Waals surface area contributed by atoms with Gasteiger partial charge in [-0.3, -0.25) is 30.1 Å². The second-order valence-corrected chi connectivity index (χ2v) is 7.60. The van der Waals surface area contributed by atoms with Crippen LogP contribution in [0.4, 0.5) is 5.69 Å². The van der Waals surface area contributed by atoms with E-state index in [2.05, 4.69) is 32.8 Å². The predicted molar refractivity (Wildman–Crippen MR) is 123 cm³/mol. The van der Waals surface area contributed by atoms with Gasteiger partial charge in [0.05, 0.1) is 0 Å². The zero-order valence-electron chi connectivity index (χ0n) is 18.4. The fraction of sp³-hybridized carbons (Fsp3) is 0.375. The highest BCUT2D eigenvalue weighted by atomic mass is 16.5. The molecule has 2 aromatic carbocycles. The van der Waals surface area contributed by atoms with Crippen molar-refractivity contribution in [2.75, 3.05) is 44.2 Å². The van der Waals surface area contributed by atoms with Crippen molar-refractivity contribution in [3.8, 4) is 5.75 Å². The lowest BCUT2D eigenvalue weighted by molar-refractivity contribution is -0.130. The molecule has 0 radical (unpaired) electrons. The zero-order valence-corrected chi connectivity index (χ0v) is 18.4. The van der Waals surface area contributed by atoms with Gasteiger partial charge in [0.1, 0.15) is 5.75 Å². The Morgan fingerprint density at radius 2 is 1.53 bits per heavy atom. The van der Waals surface area contributed by atoms with Crippen LogP contribution >= 0.6 is 0 Å². The first-order valence-corrected chi connectivity index (χ1v) is 10.9. The van der Waals surface area contributed by atoms with Crippen LogP contribution in [0, 0.1) is 0 Å². The molecule has 0 aliphatic carbocycles. The summed E-state index contributed by atoms with van der Waals surface area (Å²) in [6.07, 6.45) is 0.742. The number of Topliss-reactive ketones (excluding diaryl/α,β-unsaturated/α-hetero) is 1. The summed E-state index contributed by atoms with van der Waals surface area (Å²) in [5.74, 6) is -0.168. The number of ketones is 1. The van der Waals surface area contributed by atoms with Crippen molar-refractivity contribution in [3.63, 3.8) is 0 Å². The first-order valence-electron chi connectivity index (χ1n) is 10.9. The quantitative estimate of drug-likeness (QED) is 0.460. The lowest BCUT2D eigenvalue weighted by Crippen LogP contribution is -2.48. The Morgan fingerprint density at radius 1 is 0.875 bits per heavy atom. The van der Waals surface area contributed by atoms with Gasteiger partial charge in [0.2, 0.25) is 5.91 Å². The van der Waals surface area contributed by atoms with Crippen LogP contribution < -0.4 is 20.5 Å². The first kappa shape index (κ1) is 23.3. The highest BCUT2D eigenvalue weighted by molar-refractivity contribution is 5.95. The van der Waals surface area contributed by atoms with Crippen LogP contribution in [0.3, 0.4) is 0 Å². The molecule has 0 unspecified atom stereocenters. The smallest absolute Gasteiger partial charge is 0.276 e. The number of carbonyl (C=O) groups excluding carboxylic acids is 3. The molecule has 0 atom stereocenters. The number of nitrogens with one attached hydrogen (secondary N) is 2. The van der Waals surface area contributed by atoms with Crippen molar-refractivity contribution in [1.29, 1.82) is 0 Å². The Morgan fingerprint density at radius 3 is 2.19 bits per heavy atom. The lowest BCUT2D eigenvalue weighted by Gasteiger charge is -2.36. The number of hydrogen-bond donors (Lipinski definition) is 2. The van der Waals surface area contributed by atoms with Crippen LogP contribution in [0.5, 0.6) is 5.75 Å². The molecule has 8 heteroatoms. The Balaban J connectivity index is 1.29. The summed E-state index contributed by atoms with van der Waals surface area (Å²) in [4.78, 5) is 40.1. The lowest BCUT2D eigenvalue weighted by atomic mass is 10.1. The van der Waals surface area contributed by atoms with Gasteiger partial charge in [0.15, 0.2) is 12.4 Å². The highest BCUT2D eigenvalue weighted by Crippen LogP contribution is 2.15. The number of anilines is 1. The van der Waals surface area contributed by atoms with Crippen molar-refractivity contribution in [3.05, 3.63) is 60.2 Å². The largest absolute Gasteiger partial charge is 0.484 e. The summed E-state index contributed by atoms with van der Waals surface area (Å²) in [6, 6.07) is 16.9. The third-order valence-corrected chi connectivity index (χ3v) is 5.36. The van der Waals surface area contributed by atoms with Crippen LogP contribution in [0.25, 0.3) is 0 Å². The van der Waals surface area contributed by atoms with E-state index >= 15 is 0 Å². The van der Waals surface area contributed by atoms with Gasteiger partial charge >= 0.3 is 0 Å². The molecule has 3 rings (SSSR count). The van der Waals surface area contributed by atoms with Crippen molar-refractivity contribution in [1.82, 2.24) is 15.8 Å². The molecule has 0 aromatic heterocycles. The summed E-state index contributed by atoms with van der Waals surface area (Å²) in [5.41, 5.74) is 6.62. The maximum absolute atomic E-state index is 12.0. The highest BCUT2D eigenvalue weighted by Gasteiger charge is 2.17. The number of hydrogen-bond acceptors (Lipinski definition) is 6. The van der Waals surface area contributed by atoms with Gasteiger partial charge in [-0.2, -0.15) is 0 Å². The van der Waals surface area contributed by atoms with Crippen molar-refractivity contribution in [2.24, 2.45) is 0 Å². The van der Waals surface area contributed by atoms with Gasteiger partial charge < -0.3 is 9.64 Å². The second kappa shape index (κ2) is 11.9. The van der Waals surface area contributed by atoms with Crippen LogP contribution in [0.1, 0.15) is 30.1 Å². The van der Waals surface area contributed by atoms with Crippen LogP contribution in [0.15, 0.2) is 54.6 Å². The topological polar surface area (TPSA) is 91.0 Å². The number of hydrazine groups is 1. The summed E-state index contributed by atoms with van der Waals surface area (Å²) in [6.45, 7) is 5.85. The minimum absolute atomic E-state index is 0.0510. The molecule has 1 aliphatic heterocycles. The molecule has 2 aromatic rings. The van der Waals surface area contributed by atoms with Gasteiger partial charge in [-0.15, -0.1) is 0 Å². The normalized spacial score (nSPS) is 14.0. The molecule has 2 amide bonds. The summed E-state index contributed by atoms with van der Waals surface area (Å²) in [7, 11) is 0. The summed E-state index contributed by atoms with van der Waals surface area (Å²) < 4.78 is 5.38. The van der Waals surface area contributed by atoms with Crippen molar-refractivity contribution >= 4 is 23.3 Å². The number of rotatable bonds is 9. The zero-order chi connectivity index (χ0) is 22.8. The van der Waals surface area contributed by atoms with Gasteiger partial charge in [-0.25, -0.2) is 0 Å². The molecule has 8 nitrogen and oxygen atoms in total. The summed E-state index contributed by atoms with van der Waals surface area (Å²) in [5, 5.41) is 0. The standard InChI is InChI=1S/C24H30N4O4/c1-2-22(29)19-8-10-21(11-9-19)32-18-24(31)26-25-23(30)12-13-27-14-16-28(17-15-27)20-6-4-3-5-7-20/h3-11H,2,12-18H2,1H3,(H,25,30)(H,26,31). The minimum atomic E-state index is -0.455. The SMILES string of the molecule is CCC(=O)c1ccc(OCC(=O)NNC(=O)CCN2CCN(c3ccccc3)CC2)cc1. The van der Waals surface area contributed by atoms with E-state index in [0.29, 0.717) is 30.7 Å². The monoisotopic (exact) mass is 438 g/mol. The van der Waals surface area contributed by atoms with Crippen molar-refractivity contribution in [2.45, 2.75) is 19.8 Å². The average Bonchev–Trinajstić information content (AvgIpc) is 2.85. The molecule has 1 fully saturated rings. The Hall–Kier alpha value is -3.39. The minimum Gasteiger partial charge on any atom is -0.484 e. The molecule has 32 heavy (non-hydrogen) atoms. The number of carbonyl (C=O) groups is 3. The molecule has 1 aliphatic rings. The third kappa shape index (κ3) is 7.09. The van der Waals surface area contributed by atoms with Crippen LogP contribution in [0.2, 0.25) is 0 Å². The average molecular weight is 439 g/mol. The van der Waals surface area contributed by atoms with Gasteiger partial charge in [0, 0.05) is 56.8 Å². The molecule has 0 bridgehead atoms. The van der Waals surface area contributed by atoms with E-state index in [-0.39, 0.29) is 18.3 Å². The van der Waals surface area contributed by atoms with Gasteiger partial charge in [-0.05, 0) is 36.4 Å². The fourth-order valence-corrected chi connectivity index (χ4v) is 3.46. The maximum atomic E-state index is 12.0. The number of nitrogens with zero attached hydrogens (tertiary/aromatic N) is 2. The Labute approximate surface area is 188 Å². The van der Waals surface area contributed by atoms with E-state index in [4.69, 9.17) is 4.74 Å². The van der Waals surface area contributed by atoms with E-state index < -0.39 is 5.91 Å². The van der Waals surface area contributed by atoms with E-state index in [1.54, 1.807) is 31.2 Å². The van der Waals surface area contributed by atoms with Gasteiger partial charge in [-0.1, -0.05) is 25.1 Å². The number of amides is 2. The summed E-state index contributed by atoms with van der Waals surface area (Å²) >= 11 is 0. The first-order chi connectivity index (χ1) is 15.5. The molecule has 1 heterocycles. The van der Waals surface area contributed by atoms with E-state index in [0.717, 1.165) is 26.2 Å². The van der Waals surface area contributed by atoms with E-state index in [1.807, 2.05) is 18.2 Å². The van der Waals surface area contributed by atoms with E-state index in [1.165, 1.54) is 5.69 Å². The molecular weight excluding hydrogens is 408 g/mol. The fourth-order valence-electron chi connectivity index (χ4n) is 3.46. The molecular formula is C24H30N4O4. The molecule has 0 saturated carbocycles. The maximum Gasteiger partial charge on any atom is 0.276 e. The van der Waals surface area contributed by atoms with Crippen LogP contribution in [-0.4, -0.2) is 61.8 Å². The number of para-hydroxylation sites is 1.